The van der Waals surface area contributed by atoms with Crippen LogP contribution in [0.15, 0.2) is 23.0 Å². The molecule has 0 radical (unpaired) electrons. The highest BCUT2D eigenvalue weighted by Gasteiger charge is 2.17. The maximum absolute atomic E-state index is 6.10. The van der Waals surface area contributed by atoms with Crippen LogP contribution < -0.4 is 0 Å². The van der Waals surface area contributed by atoms with Crippen molar-refractivity contribution in [2.24, 2.45) is 0 Å². The molecule has 122 valence electrons. The van der Waals surface area contributed by atoms with Crippen molar-refractivity contribution in [2.45, 2.75) is 39.7 Å². The first kappa shape index (κ1) is 18.2. The lowest BCUT2D eigenvalue weighted by atomic mass is 9.99. The van der Waals surface area contributed by atoms with Gasteiger partial charge in [-0.3, -0.25) is 4.90 Å². The number of allylic oxidation sites excluding steroid dienone is 3. The molecule has 0 saturated heterocycles. The summed E-state index contributed by atoms with van der Waals surface area (Å²) in [6.07, 6.45) is 4.51. The molecule has 0 aromatic heterocycles. The number of nitrogens with zero attached hydrogens (tertiary/aromatic N) is 1. The van der Waals surface area contributed by atoms with Gasteiger partial charge in [-0.15, -0.1) is 0 Å². The predicted molar refractivity (Wildman–Crippen MR) is 86.4 cm³/mol. The molecule has 1 unspecified atom stereocenters. The first-order chi connectivity index (χ1) is 10.1. The molecule has 0 fully saturated rings. The van der Waals surface area contributed by atoms with Crippen molar-refractivity contribution in [3.8, 4) is 0 Å². The lowest BCUT2D eigenvalue weighted by molar-refractivity contribution is 0.0600. The first-order valence-electron chi connectivity index (χ1n) is 7.81. The third-order valence-corrected chi connectivity index (χ3v) is 3.97. The molecular weight excluding hydrogens is 266 g/mol. The maximum atomic E-state index is 6.10. The van der Waals surface area contributed by atoms with E-state index in [9.17, 15) is 0 Å². The van der Waals surface area contributed by atoms with Crippen LogP contribution in [0.5, 0.6) is 0 Å². The minimum Gasteiger partial charge on any atom is -0.492 e. The van der Waals surface area contributed by atoms with E-state index in [0.29, 0.717) is 12.6 Å². The van der Waals surface area contributed by atoms with Crippen molar-refractivity contribution in [2.75, 3.05) is 47.1 Å². The highest BCUT2D eigenvalue weighted by molar-refractivity contribution is 5.31. The molecule has 0 bridgehead atoms. The highest BCUT2D eigenvalue weighted by Crippen LogP contribution is 2.25. The first-order valence-corrected chi connectivity index (χ1v) is 7.81. The molecule has 0 saturated carbocycles. The summed E-state index contributed by atoms with van der Waals surface area (Å²) in [5.74, 6) is 1.09. The molecule has 0 N–H and O–H groups in total. The Hall–Kier alpha value is -0.840. The van der Waals surface area contributed by atoms with Crippen LogP contribution in [0.4, 0.5) is 0 Å². The van der Waals surface area contributed by atoms with E-state index in [4.69, 9.17) is 14.2 Å². The quantitative estimate of drug-likeness (QED) is 0.620. The van der Waals surface area contributed by atoms with Gasteiger partial charge in [-0.2, -0.15) is 0 Å². The van der Waals surface area contributed by atoms with Gasteiger partial charge in [-0.25, -0.2) is 0 Å². The van der Waals surface area contributed by atoms with E-state index < -0.39 is 0 Å². The van der Waals surface area contributed by atoms with Crippen LogP contribution in [-0.2, 0) is 14.2 Å². The van der Waals surface area contributed by atoms with Crippen molar-refractivity contribution >= 4 is 0 Å². The number of hydrogen-bond acceptors (Lipinski definition) is 4. The van der Waals surface area contributed by atoms with Gasteiger partial charge in [0.15, 0.2) is 0 Å². The van der Waals surface area contributed by atoms with Gasteiger partial charge in [0.2, 0.25) is 0 Å². The van der Waals surface area contributed by atoms with Crippen molar-refractivity contribution in [1.29, 1.82) is 0 Å². The topological polar surface area (TPSA) is 30.9 Å². The lowest BCUT2D eigenvalue weighted by Crippen LogP contribution is -2.40. The van der Waals surface area contributed by atoms with E-state index in [1.807, 2.05) is 0 Å². The van der Waals surface area contributed by atoms with E-state index >= 15 is 0 Å². The Kier molecular flexibility index (Phi) is 8.66. The number of methoxy groups -OCH3 is 2. The van der Waals surface area contributed by atoms with Crippen LogP contribution in [0.25, 0.3) is 0 Å². The Morgan fingerprint density at radius 2 is 1.76 bits per heavy atom. The van der Waals surface area contributed by atoms with E-state index in [2.05, 4.69) is 31.7 Å². The van der Waals surface area contributed by atoms with Gasteiger partial charge in [0.05, 0.1) is 13.2 Å². The van der Waals surface area contributed by atoms with E-state index in [0.717, 1.165) is 44.9 Å². The van der Waals surface area contributed by atoms with Gasteiger partial charge in [0.25, 0.3) is 0 Å². The summed E-state index contributed by atoms with van der Waals surface area (Å²) in [6, 6.07) is 0.338. The Morgan fingerprint density at radius 3 is 2.29 bits per heavy atom. The number of hydrogen-bond donors (Lipinski definition) is 0. The van der Waals surface area contributed by atoms with Crippen LogP contribution in [0, 0.1) is 0 Å². The zero-order chi connectivity index (χ0) is 15.7. The van der Waals surface area contributed by atoms with Crippen LogP contribution >= 0.6 is 0 Å². The van der Waals surface area contributed by atoms with E-state index in [1.165, 1.54) is 11.1 Å². The smallest absolute Gasteiger partial charge is 0.120 e. The second-order valence-electron chi connectivity index (χ2n) is 5.72. The average Bonchev–Trinajstić information content (AvgIpc) is 2.46. The molecule has 0 amide bonds. The summed E-state index contributed by atoms with van der Waals surface area (Å²) < 4.78 is 16.5. The van der Waals surface area contributed by atoms with Crippen LogP contribution in [0.2, 0.25) is 0 Å². The molecule has 4 nitrogen and oxygen atoms in total. The minimum absolute atomic E-state index is 0.338. The maximum Gasteiger partial charge on any atom is 0.120 e. The van der Waals surface area contributed by atoms with Crippen LogP contribution in [-0.4, -0.2) is 58.1 Å². The van der Waals surface area contributed by atoms with Crippen molar-refractivity contribution in [3.05, 3.63) is 23.0 Å². The van der Waals surface area contributed by atoms with Crippen LogP contribution in [0.1, 0.15) is 33.6 Å². The molecule has 21 heavy (non-hydrogen) atoms. The summed E-state index contributed by atoms with van der Waals surface area (Å²) in [7, 11) is 3.47. The molecule has 0 aromatic rings. The summed E-state index contributed by atoms with van der Waals surface area (Å²) >= 11 is 0. The van der Waals surface area contributed by atoms with E-state index in [-0.39, 0.29) is 0 Å². The summed E-state index contributed by atoms with van der Waals surface area (Å²) in [5.41, 5.74) is 2.63. The summed E-state index contributed by atoms with van der Waals surface area (Å²) in [5, 5.41) is 0. The molecule has 0 aliphatic heterocycles. The Bertz CT molecular complexity index is 355. The van der Waals surface area contributed by atoms with Crippen LogP contribution in [0.3, 0.4) is 0 Å². The summed E-state index contributed by atoms with van der Waals surface area (Å²) in [6.45, 7) is 10.5. The SMILES string of the molecule is COCCN(CCOC)C(C)COC1=C(C)CCC=C1C. The van der Waals surface area contributed by atoms with Crippen molar-refractivity contribution in [1.82, 2.24) is 4.90 Å². The fraction of sp³-hybridized carbons (Fsp3) is 0.765. The Labute approximate surface area is 129 Å². The van der Waals surface area contributed by atoms with E-state index in [1.54, 1.807) is 14.2 Å². The fourth-order valence-electron chi connectivity index (χ4n) is 2.56. The molecule has 0 heterocycles. The molecule has 4 heteroatoms. The zero-order valence-electron chi connectivity index (χ0n) is 14.3. The predicted octanol–water partition coefficient (Wildman–Crippen LogP) is 3.00. The van der Waals surface area contributed by atoms with Gasteiger partial charge < -0.3 is 14.2 Å². The molecule has 1 atom stereocenters. The number of rotatable bonds is 10. The second kappa shape index (κ2) is 9.98. The Balaban J connectivity index is 2.51. The summed E-state index contributed by atoms with van der Waals surface area (Å²) in [4.78, 5) is 2.35. The van der Waals surface area contributed by atoms with Gasteiger partial charge in [-0.05, 0) is 44.8 Å². The molecule has 1 rings (SSSR count). The molecule has 0 spiro atoms. The Morgan fingerprint density at radius 1 is 1.14 bits per heavy atom. The number of ether oxygens (including phenoxy) is 3. The minimum atomic E-state index is 0.338. The van der Waals surface area contributed by atoms with Crippen molar-refractivity contribution in [3.63, 3.8) is 0 Å². The van der Waals surface area contributed by atoms with Gasteiger partial charge in [0.1, 0.15) is 12.4 Å². The van der Waals surface area contributed by atoms with Gasteiger partial charge >= 0.3 is 0 Å². The average molecular weight is 297 g/mol. The zero-order valence-corrected chi connectivity index (χ0v) is 14.3. The molecular formula is C17H31NO3. The molecule has 1 aliphatic rings. The van der Waals surface area contributed by atoms with Gasteiger partial charge in [-0.1, -0.05) is 6.08 Å². The standard InChI is InChI=1S/C17H31NO3/c1-14-7-6-8-15(2)17(14)21-13-16(3)18(9-11-19-4)10-12-20-5/h7,16H,6,8-13H2,1-5H3. The monoisotopic (exact) mass is 297 g/mol. The largest absolute Gasteiger partial charge is 0.492 e. The third-order valence-electron chi connectivity index (χ3n) is 3.97. The second-order valence-corrected chi connectivity index (χ2v) is 5.72. The fourth-order valence-corrected chi connectivity index (χ4v) is 2.56. The van der Waals surface area contributed by atoms with Gasteiger partial charge in [0, 0.05) is 33.4 Å². The molecule has 0 aromatic carbocycles. The molecule has 1 aliphatic carbocycles. The highest BCUT2D eigenvalue weighted by atomic mass is 16.5. The normalized spacial score (nSPS) is 17.1. The third kappa shape index (κ3) is 6.20. The lowest BCUT2D eigenvalue weighted by Gasteiger charge is -2.29. The van der Waals surface area contributed by atoms with Crippen molar-refractivity contribution < 1.29 is 14.2 Å².